The van der Waals surface area contributed by atoms with Crippen molar-refractivity contribution < 1.29 is 4.84 Å². The predicted octanol–water partition coefficient (Wildman–Crippen LogP) is 6.14. The largest absolute Gasteiger partial charge is 0.399 e. The zero-order valence-corrected chi connectivity index (χ0v) is 17.1. The molecule has 27 heavy (non-hydrogen) atoms. The van der Waals surface area contributed by atoms with E-state index >= 15 is 0 Å². The molecule has 2 aliphatic rings. The quantitative estimate of drug-likeness (QED) is 0.575. The lowest BCUT2D eigenvalue weighted by molar-refractivity contribution is 0.0610. The van der Waals surface area contributed by atoms with Gasteiger partial charge in [0, 0.05) is 34.0 Å². The summed E-state index contributed by atoms with van der Waals surface area (Å²) in [7, 11) is 3.83. The molecule has 1 heterocycles. The number of nitrogens with zero attached hydrogens (tertiary/aromatic N) is 2. The van der Waals surface area contributed by atoms with Crippen LogP contribution in [0.1, 0.15) is 42.5 Å². The highest BCUT2D eigenvalue weighted by Gasteiger charge is 2.49. The van der Waals surface area contributed by atoms with E-state index in [1.54, 1.807) is 7.11 Å². The summed E-state index contributed by atoms with van der Waals surface area (Å²) in [5.41, 5.74) is 3.44. The molecule has 2 bridgehead atoms. The minimum Gasteiger partial charge on any atom is -0.399 e. The summed E-state index contributed by atoms with van der Waals surface area (Å²) < 4.78 is 0. The molecule has 2 aromatic carbocycles. The molecule has 2 fully saturated rings. The van der Waals surface area contributed by atoms with E-state index in [2.05, 4.69) is 41.4 Å². The zero-order valence-electron chi connectivity index (χ0n) is 15.6. The summed E-state index contributed by atoms with van der Waals surface area (Å²) in [6.07, 6.45) is 3.36. The van der Waals surface area contributed by atoms with Crippen LogP contribution in [-0.4, -0.2) is 24.8 Å². The molecule has 4 rings (SSSR count). The van der Waals surface area contributed by atoms with Crippen LogP contribution in [-0.2, 0) is 4.84 Å². The van der Waals surface area contributed by atoms with Crippen molar-refractivity contribution >= 4 is 28.9 Å². The van der Waals surface area contributed by atoms with Crippen molar-refractivity contribution in [1.29, 1.82) is 0 Å². The van der Waals surface area contributed by atoms with Crippen molar-refractivity contribution in [2.75, 3.05) is 14.2 Å². The van der Waals surface area contributed by atoms with Crippen LogP contribution in [0.2, 0.25) is 10.0 Å². The van der Waals surface area contributed by atoms with Gasteiger partial charge in [-0.3, -0.25) is 4.90 Å². The SMILES string of the molecule is CON=C1C2CCCC1C(c1ccccc1Cl)N(C)C2c1ccccc1Cl. The van der Waals surface area contributed by atoms with Gasteiger partial charge in [-0.1, -0.05) is 71.2 Å². The smallest absolute Gasteiger partial charge is 0.106 e. The number of fused-ring (bicyclic) bond motifs is 2. The van der Waals surface area contributed by atoms with Crippen LogP contribution >= 0.6 is 23.2 Å². The fourth-order valence-electron chi connectivity index (χ4n) is 5.05. The molecule has 0 N–H and O–H groups in total. The first-order valence-corrected chi connectivity index (χ1v) is 10.2. The van der Waals surface area contributed by atoms with Crippen LogP contribution in [0.25, 0.3) is 0 Å². The molecule has 0 spiro atoms. The maximum atomic E-state index is 6.63. The molecule has 142 valence electrons. The molecule has 4 atom stereocenters. The maximum Gasteiger partial charge on any atom is 0.106 e. The second kappa shape index (κ2) is 7.83. The topological polar surface area (TPSA) is 24.8 Å². The summed E-state index contributed by atoms with van der Waals surface area (Å²) >= 11 is 13.3. The number of halogens is 2. The van der Waals surface area contributed by atoms with Crippen molar-refractivity contribution in [1.82, 2.24) is 4.90 Å². The van der Waals surface area contributed by atoms with E-state index in [1.807, 2.05) is 24.3 Å². The standard InChI is InChI=1S/C22H24Cl2N2O/c1-26-21(14-8-3-5-12-18(14)23)16-10-7-11-17(20(16)25-27-2)22(26)15-9-4-6-13-19(15)24/h3-6,8-9,12-13,16-17,21-22H,7,10-11H2,1-2H3. The van der Waals surface area contributed by atoms with Crippen molar-refractivity contribution in [2.24, 2.45) is 17.0 Å². The fourth-order valence-corrected chi connectivity index (χ4v) is 5.55. The fraction of sp³-hybridized carbons (Fsp3) is 0.409. The molecule has 0 aromatic heterocycles. The van der Waals surface area contributed by atoms with Gasteiger partial charge in [0.25, 0.3) is 0 Å². The van der Waals surface area contributed by atoms with Gasteiger partial charge >= 0.3 is 0 Å². The van der Waals surface area contributed by atoms with E-state index in [9.17, 15) is 0 Å². The average Bonchev–Trinajstić information content (AvgIpc) is 2.66. The molecule has 1 saturated heterocycles. The molecule has 0 radical (unpaired) electrons. The third-order valence-corrected chi connectivity index (χ3v) is 6.76. The van der Waals surface area contributed by atoms with Crippen molar-refractivity contribution in [2.45, 2.75) is 31.3 Å². The van der Waals surface area contributed by atoms with E-state index in [0.717, 1.165) is 39.7 Å². The number of likely N-dealkylation sites (tertiary alicyclic amines) is 1. The number of benzene rings is 2. The van der Waals surface area contributed by atoms with Crippen LogP contribution in [0.4, 0.5) is 0 Å². The predicted molar refractivity (Wildman–Crippen MR) is 111 cm³/mol. The Morgan fingerprint density at radius 1 is 0.889 bits per heavy atom. The Kier molecular flexibility index (Phi) is 5.45. The Labute approximate surface area is 170 Å². The highest BCUT2D eigenvalue weighted by Crippen LogP contribution is 2.53. The van der Waals surface area contributed by atoms with E-state index in [4.69, 9.17) is 28.0 Å². The van der Waals surface area contributed by atoms with Gasteiger partial charge in [-0.25, -0.2) is 0 Å². The first-order chi connectivity index (χ1) is 13.1. The third kappa shape index (κ3) is 3.26. The van der Waals surface area contributed by atoms with E-state index < -0.39 is 0 Å². The molecule has 1 saturated carbocycles. The molecule has 0 amide bonds. The molecule has 2 aromatic rings. The van der Waals surface area contributed by atoms with E-state index in [1.165, 1.54) is 6.42 Å². The minimum atomic E-state index is 0.144. The van der Waals surface area contributed by atoms with Gasteiger partial charge in [0.15, 0.2) is 0 Å². The highest BCUT2D eigenvalue weighted by atomic mass is 35.5. The number of rotatable bonds is 3. The molecular weight excluding hydrogens is 379 g/mol. The van der Waals surface area contributed by atoms with Crippen LogP contribution < -0.4 is 0 Å². The van der Waals surface area contributed by atoms with Gasteiger partial charge in [-0.05, 0) is 43.1 Å². The Morgan fingerprint density at radius 2 is 1.37 bits per heavy atom. The normalized spacial score (nSPS) is 28.1. The lowest BCUT2D eigenvalue weighted by Crippen LogP contribution is -2.51. The summed E-state index contributed by atoms with van der Waals surface area (Å²) in [5.74, 6) is 0.597. The maximum absolute atomic E-state index is 6.63. The Balaban J connectivity index is 1.88. The molecule has 1 aliphatic heterocycles. The number of oxime groups is 1. The number of piperidine rings is 1. The van der Waals surface area contributed by atoms with Crippen LogP contribution in [0.15, 0.2) is 53.7 Å². The van der Waals surface area contributed by atoms with Gasteiger partial charge in [0.05, 0.1) is 5.71 Å². The van der Waals surface area contributed by atoms with Crippen molar-refractivity contribution in [3.8, 4) is 0 Å². The Hall–Kier alpha value is -1.55. The average molecular weight is 403 g/mol. The van der Waals surface area contributed by atoms with Gasteiger partial charge in [-0.15, -0.1) is 0 Å². The molecule has 3 nitrogen and oxygen atoms in total. The molecule has 4 unspecified atom stereocenters. The zero-order chi connectivity index (χ0) is 19.0. The third-order valence-electron chi connectivity index (χ3n) is 6.07. The minimum absolute atomic E-state index is 0.144. The highest BCUT2D eigenvalue weighted by molar-refractivity contribution is 6.31. The Bertz CT molecular complexity index is 790. The van der Waals surface area contributed by atoms with Gasteiger partial charge in [0.2, 0.25) is 0 Å². The molecule has 5 heteroatoms. The first kappa shape index (κ1) is 18.8. The second-order valence-electron chi connectivity index (χ2n) is 7.44. The van der Waals surface area contributed by atoms with Gasteiger partial charge in [-0.2, -0.15) is 0 Å². The van der Waals surface area contributed by atoms with Gasteiger partial charge < -0.3 is 4.84 Å². The van der Waals surface area contributed by atoms with E-state index in [-0.39, 0.29) is 12.1 Å². The summed E-state index contributed by atoms with van der Waals surface area (Å²) in [6, 6.07) is 16.6. The number of hydrogen-bond acceptors (Lipinski definition) is 3. The lowest BCUT2D eigenvalue weighted by atomic mass is 9.66. The first-order valence-electron chi connectivity index (χ1n) is 9.45. The number of hydrogen-bond donors (Lipinski definition) is 0. The Morgan fingerprint density at radius 3 is 1.81 bits per heavy atom. The molecular formula is C22H24Cl2N2O. The second-order valence-corrected chi connectivity index (χ2v) is 8.26. The lowest BCUT2D eigenvalue weighted by Gasteiger charge is -2.52. The summed E-state index contributed by atoms with van der Waals surface area (Å²) in [6.45, 7) is 0. The van der Waals surface area contributed by atoms with Crippen LogP contribution in [0, 0.1) is 11.8 Å². The summed E-state index contributed by atoms with van der Waals surface area (Å²) in [4.78, 5) is 7.74. The van der Waals surface area contributed by atoms with Crippen LogP contribution in [0.3, 0.4) is 0 Å². The van der Waals surface area contributed by atoms with Crippen LogP contribution in [0.5, 0.6) is 0 Å². The molecule has 1 aliphatic carbocycles. The summed E-state index contributed by atoms with van der Waals surface area (Å²) in [5, 5.41) is 6.12. The van der Waals surface area contributed by atoms with Crippen molar-refractivity contribution in [3.63, 3.8) is 0 Å². The monoisotopic (exact) mass is 402 g/mol. The van der Waals surface area contributed by atoms with E-state index in [0.29, 0.717) is 11.8 Å². The van der Waals surface area contributed by atoms with Gasteiger partial charge in [0.1, 0.15) is 7.11 Å². The van der Waals surface area contributed by atoms with Crippen molar-refractivity contribution in [3.05, 3.63) is 69.7 Å².